The zero-order valence-electron chi connectivity index (χ0n) is 17.0. The van der Waals surface area contributed by atoms with E-state index in [0.29, 0.717) is 0 Å². The van der Waals surface area contributed by atoms with Crippen LogP contribution in [0, 0.1) is 0 Å². The van der Waals surface area contributed by atoms with Crippen molar-refractivity contribution in [1.82, 2.24) is 10.2 Å². The third-order valence-corrected chi connectivity index (χ3v) is 4.82. The van der Waals surface area contributed by atoms with Crippen LogP contribution in [0.25, 0.3) is 6.08 Å². The lowest BCUT2D eigenvalue weighted by molar-refractivity contribution is -0.128. The predicted molar refractivity (Wildman–Crippen MR) is 114 cm³/mol. The Morgan fingerprint density at radius 2 is 1.56 bits per heavy atom. The molecular weight excluding hydrogens is 356 g/mol. The smallest absolute Gasteiger partial charge is 0.265 e. The van der Waals surface area contributed by atoms with Crippen LogP contribution in [-0.2, 0) is 20.4 Å². The van der Waals surface area contributed by atoms with Crippen LogP contribution in [0.5, 0.6) is 0 Å². The van der Waals surface area contributed by atoms with Crippen molar-refractivity contribution < 1.29 is 9.59 Å². The molecule has 2 rings (SSSR count). The number of hydrogen-bond acceptors (Lipinski definition) is 3. The number of carbonyl (C=O) groups is 2. The Balaban J connectivity index is 2.59. The van der Waals surface area contributed by atoms with E-state index >= 15 is 0 Å². The van der Waals surface area contributed by atoms with Gasteiger partial charge in [-0.3, -0.25) is 19.8 Å². The summed E-state index contributed by atoms with van der Waals surface area (Å²) in [4.78, 5) is 26.5. The van der Waals surface area contributed by atoms with E-state index in [-0.39, 0.29) is 28.1 Å². The molecule has 2 amide bonds. The van der Waals surface area contributed by atoms with Crippen molar-refractivity contribution >= 4 is 35.2 Å². The van der Waals surface area contributed by atoms with Crippen LogP contribution in [0.15, 0.2) is 36.4 Å². The summed E-state index contributed by atoms with van der Waals surface area (Å²) < 4.78 is 0. The molecule has 0 aliphatic carbocycles. The van der Waals surface area contributed by atoms with Crippen molar-refractivity contribution in [2.24, 2.45) is 0 Å². The van der Waals surface area contributed by atoms with Gasteiger partial charge in [0.15, 0.2) is 5.11 Å². The van der Waals surface area contributed by atoms with Gasteiger partial charge in [0.25, 0.3) is 11.8 Å². The molecule has 5 heteroatoms. The first kappa shape index (κ1) is 21.0. The number of nitrogens with one attached hydrogen (secondary N) is 1. The molecule has 1 aliphatic heterocycles. The summed E-state index contributed by atoms with van der Waals surface area (Å²) in [6, 6.07) is 6.27. The average Bonchev–Trinajstić information content (AvgIpc) is 2.53. The van der Waals surface area contributed by atoms with Crippen molar-refractivity contribution in [3.63, 3.8) is 0 Å². The highest BCUT2D eigenvalue weighted by atomic mass is 32.1. The molecule has 0 atom stereocenters. The second-order valence-corrected chi connectivity index (χ2v) is 9.25. The standard InChI is InChI=1S/C22H28N2O2S/c1-8-9-24-19(26)17(18(25)23-20(24)27)12-14-10-15(21(2,3)4)13-16(11-14)22(5,6)7/h8,10-13H,1,9H2,2-7H3,(H,23,25,27). The zero-order valence-corrected chi connectivity index (χ0v) is 17.8. The number of hydrogen-bond donors (Lipinski definition) is 1. The minimum Gasteiger partial charge on any atom is -0.298 e. The second kappa shape index (κ2) is 7.39. The van der Waals surface area contributed by atoms with E-state index in [1.807, 2.05) is 12.1 Å². The first-order valence-electron chi connectivity index (χ1n) is 9.00. The lowest BCUT2D eigenvalue weighted by Crippen LogP contribution is -2.53. The molecule has 1 aliphatic rings. The topological polar surface area (TPSA) is 49.4 Å². The zero-order chi connectivity index (χ0) is 20.6. The van der Waals surface area contributed by atoms with Gasteiger partial charge >= 0.3 is 0 Å². The summed E-state index contributed by atoms with van der Waals surface area (Å²) in [6.45, 7) is 16.8. The Kier molecular flexibility index (Phi) is 5.76. The van der Waals surface area contributed by atoms with Crippen LogP contribution < -0.4 is 5.32 Å². The van der Waals surface area contributed by atoms with Gasteiger partial charge in [0.1, 0.15) is 5.57 Å². The maximum absolute atomic E-state index is 12.8. The van der Waals surface area contributed by atoms with E-state index in [2.05, 4.69) is 59.5 Å². The van der Waals surface area contributed by atoms with Crippen molar-refractivity contribution in [2.75, 3.05) is 6.54 Å². The Labute approximate surface area is 167 Å². The lowest BCUT2D eigenvalue weighted by atomic mass is 9.79. The van der Waals surface area contributed by atoms with Gasteiger partial charge in [-0.15, -0.1) is 6.58 Å². The molecule has 27 heavy (non-hydrogen) atoms. The molecule has 0 aromatic heterocycles. The molecule has 1 aromatic carbocycles. The van der Waals surface area contributed by atoms with Crippen molar-refractivity contribution in [2.45, 2.75) is 52.4 Å². The van der Waals surface area contributed by atoms with Crippen LogP contribution in [-0.4, -0.2) is 28.4 Å². The van der Waals surface area contributed by atoms with Gasteiger partial charge in [-0.25, -0.2) is 0 Å². The first-order valence-corrected chi connectivity index (χ1v) is 9.41. The van der Waals surface area contributed by atoms with Crippen LogP contribution in [0.3, 0.4) is 0 Å². The van der Waals surface area contributed by atoms with Gasteiger partial charge in [-0.1, -0.05) is 65.8 Å². The highest BCUT2D eigenvalue weighted by molar-refractivity contribution is 7.80. The Bertz CT molecular complexity index is 807. The van der Waals surface area contributed by atoms with E-state index in [4.69, 9.17) is 12.2 Å². The maximum Gasteiger partial charge on any atom is 0.265 e. The fourth-order valence-corrected chi connectivity index (χ4v) is 3.01. The molecule has 144 valence electrons. The van der Waals surface area contributed by atoms with Crippen molar-refractivity contribution in [3.8, 4) is 0 Å². The van der Waals surface area contributed by atoms with Crippen LogP contribution in [0.4, 0.5) is 0 Å². The largest absolute Gasteiger partial charge is 0.298 e. The van der Waals surface area contributed by atoms with Gasteiger partial charge in [0.2, 0.25) is 0 Å². The van der Waals surface area contributed by atoms with Gasteiger partial charge in [-0.2, -0.15) is 0 Å². The summed E-state index contributed by atoms with van der Waals surface area (Å²) in [5.74, 6) is -0.870. The summed E-state index contributed by atoms with van der Waals surface area (Å²) in [7, 11) is 0. The molecular formula is C22H28N2O2S. The van der Waals surface area contributed by atoms with Gasteiger partial charge in [0.05, 0.1) is 0 Å². The maximum atomic E-state index is 12.8. The van der Waals surface area contributed by atoms with E-state index in [1.165, 1.54) is 4.90 Å². The lowest BCUT2D eigenvalue weighted by Gasteiger charge is -2.28. The highest BCUT2D eigenvalue weighted by Gasteiger charge is 2.32. The van der Waals surface area contributed by atoms with Gasteiger partial charge < -0.3 is 0 Å². The molecule has 1 N–H and O–H groups in total. The molecule has 1 heterocycles. The second-order valence-electron chi connectivity index (χ2n) is 8.87. The van der Waals surface area contributed by atoms with E-state index in [1.54, 1.807) is 12.2 Å². The van der Waals surface area contributed by atoms with E-state index in [9.17, 15) is 9.59 Å². The third-order valence-electron chi connectivity index (χ3n) is 4.50. The van der Waals surface area contributed by atoms with Crippen molar-refractivity contribution in [3.05, 3.63) is 53.1 Å². The fraction of sp³-hybridized carbons (Fsp3) is 0.409. The average molecular weight is 385 g/mol. The van der Waals surface area contributed by atoms with Gasteiger partial charge in [0, 0.05) is 6.54 Å². The summed E-state index contributed by atoms with van der Waals surface area (Å²) in [5.41, 5.74) is 3.12. The number of amides is 2. The van der Waals surface area contributed by atoms with E-state index in [0.717, 1.165) is 16.7 Å². The highest BCUT2D eigenvalue weighted by Crippen LogP contribution is 2.31. The fourth-order valence-electron chi connectivity index (χ4n) is 2.76. The number of rotatable bonds is 3. The molecule has 1 saturated heterocycles. The van der Waals surface area contributed by atoms with Crippen LogP contribution in [0.1, 0.15) is 58.2 Å². The molecule has 0 unspecified atom stereocenters. The summed E-state index contributed by atoms with van der Waals surface area (Å²) in [6.07, 6.45) is 3.23. The van der Waals surface area contributed by atoms with Crippen LogP contribution in [0.2, 0.25) is 0 Å². The summed E-state index contributed by atoms with van der Waals surface area (Å²) in [5, 5.41) is 2.70. The quantitative estimate of drug-likeness (QED) is 0.369. The summed E-state index contributed by atoms with van der Waals surface area (Å²) >= 11 is 5.10. The molecule has 0 bridgehead atoms. The van der Waals surface area contributed by atoms with E-state index < -0.39 is 11.8 Å². The predicted octanol–water partition coefficient (Wildman–Crippen LogP) is 4.09. The first-order chi connectivity index (χ1) is 12.3. The molecule has 0 spiro atoms. The Morgan fingerprint density at radius 1 is 1.04 bits per heavy atom. The minimum atomic E-state index is -0.469. The van der Waals surface area contributed by atoms with Crippen molar-refractivity contribution in [1.29, 1.82) is 0 Å². The third kappa shape index (κ3) is 4.72. The molecule has 1 fully saturated rings. The SMILES string of the molecule is C=CCN1C(=O)C(=Cc2cc(C(C)(C)C)cc(C(C)(C)C)c2)C(=O)NC1=S. The van der Waals surface area contributed by atoms with Crippen LogP contribution >= 0.6 is 12.2 Å². The molecule has 4 nitrogen and oxygen atoms in total. The normalized spacial score (nSPS) is 17.3. The Morgan fingerprint density at radius 3 is 2.00 bits per heavy atom. The molecule has 0 radical (unpaired) electrons. The molecule has 0 saturated carbocycles. The monoisotopic (exact) mass is 384 g/mol. The number of nitrogens with zero attached hydrogens (tertiary/aromatic N) is 1. The Hall–Kier alpha value is -2.27. The minimum absolute atomic E-state index is 0.0518. The number of thiocarbonyl (C=S) groups is 1. The molecule has 1 aromatic rings. The number of carbonyl (C=O) groups excluding carboxylic acids is 2. The number of benzene rings is 1. The van der Waals surface area contributed by atoms with Gasteiger partial charge in [-0.05, 0) is 45.8 Å².